The van der Waals surface area contributed by atoms with Gasteiger partial charge in [-0.15, -0.1) is 0 Å². The zero-order valence-electron chi connectivity index (χ0n) is 78.8. The fourth-order valence-electron chi connectivity index (χ4n) is 19.2. The quantitative estimate of drug-likeness (QED) is 0.157. The average Bonchev–Trinajstić information content (AvgIpc) is 2.06. The summed E-state index contributed by atoms with van der Waals surface area (Å²) in [4.78, 5) is 0. The van der Waals surface area contributed by atoms with Crippen LogP contribution in [0.25, 0.3) is 231 Å². The van der Waals surface area contributed by atoms with E-state index in [2.05, 4.69) is 419 Å². The summed E-state index contributed by atoms with van der Waals surface area (Å²) in [7, 11) is 0. The molecule has 28 rings (SSSR count). The third-order valence-corrected chi connectivity index (χ3v) is 26.4. The number of benzene rings is 21. The Morgan fingerprint density at radius 1 is 0.121 bits per heavy atom. The Bertz CT molecular complexity index is 9370. The minimum absolute atomic E-state index is 0.946. The molecule has 140 heavy (non-hydrogen) atoms. The van der Waals surface area contributed by atoms with Crippen LogP contribution in [0.15, 0.2) is 498 Å². The van der Waals surface area contributed by atoms with Crippen LogP contribution in [0.1, 0.15) is 38.9 Å². The molecule has 21 aromatic carbocycles. The molecule has 0 spiro atoms. The molecule has 0 fully saturated rings. The van der Waals surface area contributed by atoms with Crippen LogP contribution in [0.3, 0.4) is 0 Å². The molecule has 28 aromatic rings. The summed E-state index contributed by atoms with van der Waals surface area (Å²) in [6, 6.07) is 162. The van der Waals surface area contributed by atoms with Gasteiger partial charge < -0.3 is 30.9 Å². The Morgan fingerprint density at radius 3 is 0.943 bits per heavy atom. The van der Waals surface area contributed by atoms with E-state index >= 15 is 0 Å². The number of furan rings is 7. The van der Waals surface area contributed by atoms with E-state index in [4.69, 9.17) is 30.9 Å². The van der Waals surface area contributed by atoms with Crippen LogP contribution in [-0.4, -0.2) is 0 Å². The topological polar surface area (TPSA) is 92.0 Å². The molecule has 0 aliphatic carbocycles. The van der Waals surface area contributed by atoms with Gasteiger partial charge in [0, 0.05) is 92.1 Å². The summed E-state index contributed by atoms with van der Waals surface area (Å²) < 4.78 is 42.2. The number of para-hydroxylation sites is 9. The van der Waals surface area contributed by atoms with Crippen molar-refractivity contribution < 1.29 is 30.9 Å². The second kappa shape index (κ2) is 38.5. The van der Waals surface area contributed by atoms with Crippen molar-refractivity contribution in [2.75, 3.05) is 0 Å². The average molecular weight is 1810 g/mol. The van der Waals surface area contributed by atoms with E-state index in [1.807, 2.05) is 97.1 Å². The molecular weight excluding hydrogens is 1710 g/mol. The largest absolute Gasteiger partial charge is 0.456 e. The van der Waals surface area contributed by atoms with Crippen molar-refractivity contribution in [1.29, 1.82) is 0 Å². The summed E-state index contributed by atoms with van der Waals surface area (Å²) in [5.41, 5.74) is 39.0. The van der Waals surface area contributed by atoms with Gasteiger partial charge in [0.15, 0.2) is 0 Å². The highest BCUT2D eigenvalue weighted by molar-refractivity contribution is 6.17. The third-order valence-electron chi connectivity index (χ3n) is 26.4. The molecule has 0 aliphatic rings. The van der Waals surface area contributed by atoms with Crippen molar-refractivity contribution in [1.82, 2.24) is 0 Å². The molecule has 7 aromatic heterocycles. The number of fused-ring (bicyclic) bond motifs is 21. The number of rotatable bonds is 7. The molecular formula is C133H98O7. The van der Waals surface area contributed by atoms with E-state index in [1.165, 1.54) is 176 Å². The van der Waals surface area contributed by atoms with Crippen LogP contribution < -0.4 is 0 Å². The summed E-state index contributed by atoms with van der Waals surface area (Å²) in [5.74, 6) is 0. The molecule has 0 unspecified atom stereocenters. The Labute approximate surface area is 811 Å². The summed E-state index contributed by atoms with van der Waals surface area (Å²) in [6.07, 6.45) is 0. The lowest BCUT2D eigenvalue weighted by atomic mass is 9.98. The summed E-state index contributed by atoms with van der Waals surface area (Å²) >= 11 is 0. The van der Waals surface area contributed by atoms with Crippen LogP contribution in [0, 0.1) is 48.5 Å². The molecule has 0 N–H and O–H groups in total. The standard InChI is InChI=1S/7C19H14O/c1-13-6-4-7-14(12-13)15-9-5-10-17-16-8-2-3-11-18(16)20-19(15)17;1-13-7-2-3-8-14(13)16-10-6-11-17-15-9-4-5-12-18(15)20-19(16)17;1-13-9-11-14(12-10-13)15-6-4-7-17-16-5-2-3-8-18(16)20-19(15)17;1-13-9-11-14(12-10-13)15-6-4-8-18-19(15)16-5-2-3-7-17(16)20-18;1-13-11-12-15(14-7-3-2-4-8-14)18-16-9-5-6-10-17(16)20-19(13)18;1-13-6-8-14(9-7-13)15-10-11-17-16-4-2-3-5-18(16)20-19(17)12-15;1-13-7-9-16-17-10-8-15(14-5-3-2-4-6-14)12-19(17)20-18(16)11-13/h7*2-12H,1H3. The molecule has 0 atom stereocenters. The smallest absolute Gasteiger partial charge is 0.143 e. The maximum absolute atomic E-state index is 6.09. The van der Waals surface area contributed by atoms with Crippen molar-refractivity contribution in [3.63, 3.8) is 0 Å². The highest BCUT2D eigenvalue weighted by Gasteiger charge is 2.20. The van der Waals surface area contributed by atoms with Crippen molar-refractivity contribution in [2.45, 2.75) is 48.5 Å². The van der Waals surface area contributed by atoms with E-state index in [9.17, 15) is 0 Å². The van der Waals surface area contributed by atoms with Gasteiger partial charge in [0.05, 0.1) is 0 Å². The van der Waals surface area contributed by atoms with E-state index in [0.717, 1.165) is 94.9 Å². The minimum Gasteiger partial charge on any atom is -0.456 e. The van der Waals surface area contributed by atoms with Crippen molar-refractivity contribution in [3.05, 3.63) is 506 Å². The first-order valence-corrected chi connectivity index (χ1v) is 47.6. The molecule has 0 amide bonds. The zero-order chi connectivity index (χ0) is 94.7. The maximum atomic E-state index is 6.09. The molecule has 0 saturated heterocycles. The van der Waals surface area contributed by atoms with Gasteiger partial charge in [0.1, 0.15) is 78.2 Å². The van der Waals surface area contributed by atoms with Gasteiger partial charge in [0.2, 0.25) is 0 Å². The fraction of sp³-hybridized carbons (Fsp3) is 0.0526. The van der Waals surface area contributed by atoms with Gasteiger partial charge in [0.25, 0.3) is 0 Å². The van der Waals surface area contributed by atoms with Gasteiger partial charge >= 0.3 is 0 Å². The van der Waals surface area contributed by atoms with Gasteiger partial charge in [-0.2, -0.15) is 0 Å². The van der Waals surface area contributed by atoms with E-state index in [1.54, 1.807) is 0 Å². The predicted molar refractivity (Wildman–Crippen MR) is 587 cm³/mol. The lowest BCUT2D eigenvalue weighted by molar-refractivity contribution is 0.665. The van der Waals surface area contributed by atoms with Gasteiger partial charge in [-0.05, 0) is 199 Å². The van der Waals surface area contributed by atoms with Gasteiger partial charge in [-0.3, -0.25) is 0 Å². The third kappa shape index (κ3) is 17.6. The van der Waals surface area contributed by atoms with E-state index in [0.29, 0.717) is 0 Å². The van der Waals surface area contributed by atoms with Crippen LogP contribution in [0.4, 0.5) is 0 Å². The summed E-state index contributed by atoms with van der Waals surface area (Å²) in [6.45, 7) is 14.7. The second-order valence-electron chi connectivity index (χ2n) is 36.0. The first-order chi connectivity index (χ1) is 68.8. The van der Waals surface area contributed by atoms with Crippen LogP contribution in [0.5, 0.6) is 0 Å². The zero-order valence-corrected chi connectivity index (χ0v) is 78.8. The minimum atomic E-state index is 0.946. The Morgan fingerprint density at radius 2 is 0.414 bits per heavy atom. The van der Waals surface area contributed by atoms with Crippen molar-refractivity contribution >= 4 is 154 Å². The lowest BCUT2D eigenvalue weighted by Crippen LogP contribution is -1.82. The number of hydrogen-bond acceptors (Lipinski definition) is 7. The van der Waals surface area contributed by atoms with Gasteiger partial charge in [-0.1, -0.05) is 417 Å². The highest BCUT2D eigenvalue weighted by Crippen LogP contribution is 2.45. The highest BCUT2D eigenvalue weighted by atomic mass is 16.4. The van der Waals surface area contributed by atoms with Gasteiger partial charge in [-0.25, -0.2) is 0 Å². The Hall–Kier alpha value is -17.8. The first kappa shape index (κ1) is 87.6. The molecule has 0 saturated carbocycles. The van der Waals surface area contributed by atoms with Crippen molar-refractivity contribution in [3.8, 4) is 77.9 Å². The number of aryl methyl sites for hydroxylation is 7. The molecule has 7 nitrogen and oxygen atoms in total. The monoisotopic (exact) mass is 1810 g/mol. The van der Waals surface area contributed by atoms with Crippen LogP contribution in [-0.2, 0) is 0 Å². The molecule has 672 valence electrons. The maximum Gasteiger partial charge on any atom is 0.143 e. The number of hydrogen-bond donors (Lipinski definition) is 0. The molecule has 7 heterocycles. The Balaban J connectivity index is 0.0000000939. The van der Waals surface area contributed by atoms with E-state index in [-0.39, 0.29) is 0 Å². The predicted octanol–water partition coefficient (Wildman–Crippen LogP) is 38.9. The molecule has 0 aliphatic heterocycles. The fourth-order valence-corrected chi connectivity index (χ4v) is 19.2. The summed E-state index contributed by atoms with van der Waals surface area (Å²) in [5, 5.41) is 16.6. The second-order valence-corrected chi connectivity index (χ2v) is 36.0. The Kier molecular flexibility index (Phi) is 24.1. The van der Waals surface area contributed by atoms with Crippen LogP contribution in [0.2, 0.25) is 0 Å². The van der Waals surface area contributed by atoms with Crippen molar-refractivity contribution in [2.24, 2.45) is 0 Å². The van der Waals surface area contributed by atoms with Crippen LogP contribution >= 0.6 is 0 Å². The molecule has 0 bridgehead atoms. The molecule has 0 radical (unpaired) electrons. The lowest BCUT2D eigenvalue weighted by Gasteiger charge is -2.06. The SMILES string of the molecule is Cc1ccc(-c2ccc3c(c2)oc2ccccc23)cc1.Cc1ccc(-c2cccc3c2oc2ccccc23)cc1.Cc1ccc(-c2cccc3oc4ccccc4c23)cc1.Cc1ccc(-c2ccccc2)c2c1oc1ccccc12.Cc1ccc2c(c1)oc1cc(-c3ccccc3)ccc12.Cc1cccc(-c2cccc3c2oc2ccccc23)c1.Cc1ccccc1-c1cccc2c1oc1ccccc12. The van der Waals surface area contributed by atoms with E-state index < -0.39 is 0 Å². The molecule has 7 heteroatoms. The first-order valence-electron chi connectivity index (χ1n) is 47.6. The normalized spacial score (nSPS) is 11.2.